The van der Waals surface area contributed by atoms with Crippen molar-refractivity contribution in [2.24, 2.45) is 0 Å². The fraction of sp³-hybridized carbons (Fsp3) is 0.455. The Labute approximate surface area is 78.2 Å². The fourth-order valence-corrected chi connectivity index (χ4v) is 2.05. The zero-order valence-electron chi connectivity index (χ0n) is 7.79. The van der Waals surface area contributed by atoms with Gasteiger partial charge in [-0.25, -0.2) is 0 Å². The van der Waals surface area contributed by atoms with Gasteiger partial charge in [0, 0.05) is 13.0 Å². The Morgan fingerprint density at radius 2 is 2.38 bits per heavy atom. The van der Waals surface area contributed by atoms with E-state index in [1.165, 1.54) is 11.1 Å². The van der Waals surface area contributed by atoms with Crippen LogP contribution < -0.4 is 0 Å². The molecule has 2 heteroatoms. The standard InChI is InChI=1S/C11H14O2/c1-13-7-9-3-2-8-4-5-10(12)6-11(8)9/h4-6,9,12H,2-3,7H2,1H3. The van der Waals surface area contributed by atoms with E-state index in [0.29, 0.717) is 11.7 Å². The van der Waals surface area contributed by atoms with Gasteiger partial charge in [-0.15, -0.1) is 0 Å². The highest BCUT2D eigenvalue weighted by Crippen LogP contribution is 2.35. The van der Waals surface area contributed by atoms with Gasteiger partial charge in [0.2, 0.25) is 0 Å². The van der Waals surface area contributed by atoms with Gasteiger partial charge >= 0.3 is 0 Å². The lowest BCUT2D eigenvalue weighted by Crippen LogP contribution is -2.01. The average molecular weight is 178 g/mol. The molecule has 0 saturated heterocycles. The number of hydrogen-bond donors (Lipinski definition) is 1. The molecule has 0 spiro atoms. The normalized spacial score (nSPS) is 20.2. The highest BCUT2D eigenvalue weighted by atomic mass is 16.5. The van der Waals surface area contributed by atoms with Crippen molar-refractivity contribution < 1.29 is 9.84 Å². The number of rotatable bonds is 2. The lowest BCUT2D eigenvalue weighted by Gasteiger charge is -2.09. The van der Waals surface area contributed by atoms with Crippen LogP contribution in [0.3, 0.4) is 0 Å². The predicted molar refractivity (Wildman–Crippen MR) is 51.0 cm³/mol. The first-order chi connectivity index (χ1) is 6.31. The van der Waals surface area contributed by atoms with E-state index in [1.54, 1.807) is 13.2 Å². The Kier molecular flexibility index (Phi) is 2.23. The molecule has 0 bridgehead atoms. The van der Waals surface area contributed by atoms with Crippen LogP contribution in [0.25, 0.3) is 0 Å². The molecule has 1 aliphatic rings. The lowest BCUT2D eigenvalue weighted by atomic mass is 10.0. The minimum absolute atomic E-state index is 0.363. The molecule has 2 nitrogen and oxygen atoms in total. The molecule has 0 aromatic heterocycles. The minimum Gasteiger partial charge on any atom is -0.508 e. The topological polar surface area (TPSA) is 29.5 Å². The number of ether oxygens (including phenoxy) is 1. The first kappa shape index (κ1) is 8.57. The molecular weight excluding hydrogens is 164 g/mol. The largest absolute Gasteiger partial charge is 0.508 e. The molecular formula is C11H14O2. The molecule has 1 aliphatic carbocycles. The number of fused-ring (bicyclic) bond motifs is 1. The summed E-state index contributed by atoms with van der Waals surface area (Å²) in [6.07, 6.45) is 2.26. The van der Waals surface area contributed by atoms with E-state index in [0.717, 1.165) is 19.4 Å². The summed E-state index contributed by atoms with van der Waals surface area (Å²) in [7, 11) is 1.72. The summed E-state index contributed by atoms with van der Waals surface area (Å²) in [4.78, 5) is 0. The predicted octanol–water partition coefficient (Wildman–Crippen LogP) is 2.07. The Morgan fingerprint density at radius 3 is 3.15 bits per heavy atom. The molecule has 1 atom stereocenters. The molecule has 70 valence electrons. The van der Waals surface area contributed by atoms with Gasteiger partial charge in [-0.2, -0.15) is 0 Å². The molecule has 1 aromatic carbocycles. The van der Waals surface area contributed by atoms with Crippen LogP contribution in [0.15, 0.2) is 18.2 Å². The van der Waals surface area contributed by atoms with E-state index in [4.69, 9.17) is 4.74 Å². The Hall–Kier alpha value is -1.02. The van der Waals surface area contributed by atoms with Gasteiger partial charge in [-0.1, -0.05) is 6.07 Å². The lowest BCUT2D eigenvalue weighted by molar-refractivity contribution is 0.179. The summed E-state index contributed by atoms with van der Waals surface area (Å²) in [6.45, 7) is 0.760. The molecule has 1 N–H and O–H groups in total. The molecule has 0 amide bonds. The maximum absolute atomic E-state index is 9.34. The second kappa shape index (κ2) is 3.38. The van der Waals surface area contributed by atoms with Gasteiger partial charge in [0.1, 0.15) is 5.75 Å². The fourth-order valence-electron chi connectivity index (χ4n) is 2.05. The maximum atomic E-state index is 9.34. The number of phenols is 1. The highest BCUT2D eigenvalue weighted by molar-refractivity contribution is 5.40. The summed E-state index contributed by atoms with van der Waals surface area (Å²) < 4.78 is 5.14. The third kappa shape index (κ3) is 1.54. The van der Waals surface area contributed by atoms with Gasteiger partial charge < -0.3 is 9.84 Å². The Balaban J connectivity index is 2.29. The quantitative estimate of drug-likeness (QED) is 0.751. The SMILES string of the molecule is COCC1CCc2ccc(O)cc21. The molecule has 2 rings (SSSR count). The van der Waals surface area contributed by atoms with E-state index in [1.807, 2.05) is 12.1 Å². The van der Waals surface area contributed by atoms with Crippen molar-refractivity contribution in [2.45, 2.75) is 18.8 Å². The van der Waals surface area contributed by atoms with Crippen LogP contribution in [-0.4, -0.2) is 18.8 Å². The van der Waals surface area contributed by atoms with Crippen molar-refractivity contribution in [1.82, 2.24) is 0 Å². The van der Waals surface area contributed by atoms with Crippen molar-refractivity contribution in [1.29, 1.82) is 0 Å². The van der Waals surface area contributed by atoms with Crippen molar-refractivity contribution >= 4 is 0 Å². The van der Waals surface area contributed by atoms with Crippen molar-refractivity contribution in [3.05, 3.63) is 29.3 Å². The van der Waals surface area contributed by atoms with Crippen molar-refractivity contribution in [2.75, 3.05) is 13.7 Å². The van der Waals surface area contributed by atoms with Crippen LogP contribution in [0.4, 0.5) is 0 Å². The maximum Gasteiger partial charge on any atom is 0.115 e. The van der Waals surface area contributed by atoms with Crippen molar-refractivity contribution in [3.8, 4) is 5.75 Å². The molecule has 0 radical (unpaired) electrons. The average Bonchev–Trinajstić information content (AvgIpc) is 2.49. The molecule has 13 heavy (non-hydrogen) atoms. The number of aromatic hydroxyl groups is 1. The smallest absolute Gasteiger partial charge is 0.115 e. The zero-order valence-corrected chi connectivity index (χ0v) is 7.79. The van der Waals surface area contributed by atoms with Gasteiger partial charge in [0.15, 0.2) is 0 Å². The third-order valence-corrected chi connectivity index (χ3v) is 2.70. The molecule has 0 heterocycles. The molecule has 1 unspecified atom stereocenters. The number of hydrogen-bond acceptors (Lipinski definition) is 2. The minimum atomic E-state index is 0.363. The van der Waals surface area contributed by atoms with Gasteiger partial charge in [0.05, 0.1) is 6.61 Å². The van der Waals surface area contributed by atoms with E-state index < -0.39 is 0 Å². The third-order valence-electron chi connectivity index (χ3n) is 2.70. The number of methoxy groups -OCH3 is 1. The summed E-state index contributed by atoms with van der Waals surface area (Å²) in [6, 6.07) is 5.64. The van der Waals surface area contributed by atoms with Gasteiger partial charge in [-0.3, -0.25) is 0 Å². The molecule has 0 fully saturated rings. The van der Waals surface area contributed by atoms with Crippen LogP contribution in [-0.2, 0) is 11.2 Å². The Morgan fingerprint density at radius 1 is 1.54 bits per heavy atom. The first-order valence-corrected chi connectivity index (χ1v) is 4.62. The second-order valence-electron chi connectivity index (χ2n) is 3.57. The Bertz CT molecular complexity index is 305. The molecule has 0 aliphatic heterocycles. The van der Waals surface area contributed by atoms with Crippen LogP contribution in [0, 0.1) is 0 Å². The number of benzene rings is 1. The highest BCUT2D eigenvalue weighted by Gasteiger charge is 2.22. The van der Waals surface area contributed by atoms with Gasteiger partial charge in [-0.05, 0) is 36.1 Å². The van der Waals surface area contributed by atoms with E-state index in [-0.39, 0.29) is 0 Å². The van der Waals surface area contributed by atoms with Crippen LogP contribution >= 0.6 is 0 Å². The van der Waals surface area contributed by atoms with Crippen LogP contribution in [0.5, 0.6) is 5.75 Å². The zero-order chi connectivity index (χ0) is 9.26. The summed E-state index contributed by atoms with van der Waals surface area (Å²) >= 11 is 0. The van der Waals surface area contributed by atoms with Crippen molar-refractivity contribution in [3.63, 3.8) is 0 Å². The van der Waals surface area contributed by atoms with Crippen LogP contribution in [0.1, 0.15) is 23.5 Å². The van der Waals surface area contributed by atoms with E-state index in [2.05, 4.69) is 0 Å². The summed E-state index contributed by atoms with van der Waals surface area (Å²) in [5, 5.41) is 9.34. The molecule has 0 saturated carbocycles. The van der Waals surface area contributed by atoms with Gasteiger partial charge in [0.25, 0.3) is 0 Å². The summed E-state index contributed by atoms with van der Waals surface area (Å²) in [5.41, 5.74) is 2.63. The van der Waals surface area contributed by atoms with E-state index in [9.17, 15) is 5.11 Å². The van der Waals surface area contributed by atoms with Crippen LogP contribution in [0.2, 0.25) is 0 Å². The number of phenolic OH excluding ortho intramolecular Hbond substituents is 1. The summed E-state index contributed by atoms with van der Waals surface area (Å²) in [5.74, 6) is 0.842. The van der Waals surface area contributed by atoms with E-state index >= 15 is 0 Å². The second-order valence-corrected chi connectivity index (χ2v) is 3.57. The molecule has 1 aromatic rings. The monoisotopic (exact) mass is 178 g/mol. The first-order valence-electron chi connectivity index (χ1n) is 4.62. The number of aryl methyl sites for hydroxylation is 1.